The van der Waals surface area contributed by atoms with E-state index in [-0.39, 0.29) is 12.5 Å². The van der Waals surface area contributed by atoms with Gasteiger partial charge in [-0.05, 0) is 25.1 Å². The lowest BCUT2D eigenvalue weighted by atomic mass is 10.2. The molecule has 0 aliphatic carbocycles. The van der Waals surface area contributed by atoms with Gasteiger partial charge in [0, 0.05) is 12.6 Å². The molecule has 92 valence electrons. The van der Waals surface area contributed by atoms with Gasteiger partial charge in [0.2, 0.25) is 5.91 Å². The predicted octanol–water partition coefficient (Wildman–Crippen LogP) is 1.44. The Balaban J connectivity index is 2.39. The second kappa shape index (κ2) is 5.89. The van der Waals surface area contributed by atoms with Crippen LogP contribution in [0.3, 0.4) is 0 Å². The number of nitrogens with one attached hydrogen (secondary N) is 1. The van der Waals surface area contributed by atoms with Crippen LogP contribution in [0.15, 0.2) is 22.6 Å². The fourth-order valence-corrected chi connectivity index (χ4v) is 1.10. The standard InChI is InChI=1S/C12H15NO4/c1-8(12(15)16)7-13-11(14)6-5-10-4-3-9(2)17-10/h3-6,8H,7H2,1-2H3,(H,13,14)(H,15,16). The zero-order valence-corrected chi connectivity index (χ0v) is 9.77. The molecule has 1 amide bonds. The minimum atomic E-state index is -0.934. The van der Waals surface area contributed by atoms with Crippen LogP contribution in [0.1, 0.15) is 18.4 Å². The van der Waals surface area contributed by atoms with Gasteiger partial charge in [-0.15, -0.1) is 0 Å². The Bertz CT molecular complexity index is 433. The highest BCUT2D eigenvalue weighted by atomic mass is 16.4. The molecular weight excluding hydrogens is 222 g/mol. The molecule has 1 unspecified atom stereocenters. The molecule has 5 nitrogen and oxygen atoms in total. The second-order valence-corrected chi connectivity index (χ2v) is 3.77. The van der Waals surface area contributed by atoms with Crippen LogP contribution in [-0.4, -0.2) is 23.5 Å². The van der Waals surface area contributed by atoms with Crippen molar-refractivity contribution >= 4 is 18.0 Å². The maximum Gasteiger partial charge on any atom is 0.308 e. The van der Waals surface area contributed by atoms with E-state index in [0.29, 0.717) is 5.76 Å². The monoisotopic (exact) mass is 237 g/mol. The molecule has 5 heteroatoms. The fourth-order valence-electron chi connectivity index (χ4n) is 1.10. The fraction of sp³-hybridized carbons (Fsp3) is 0.333. The van der Waals surface area contributed by atoms with E-state index >= 15 is 0 Å². The highest BCUT2D eigenvalue weighted by Crippen LogP contribution is 2.07. The molecule has 0 saturated carbocycles. The molecule has 0 aliphatic rings. The first-order valence-electron chi connectivity index (χ1n) is 5.24. The Morgan fingerprint density at radius 3 is 2.76 bits per heavy atom. The summed E-state index contributed by atoms with van der Waals surface area (Å²) in [5.74, 6) is -0.519. The number of rotatable bonds is 5. The summed E-state index contributed by atoms with van der Waals surface area (Å²) in [6.45, 7) is 3.45. The molecule has 1 rings (SSSR count). The Morgan fingerprint density at radius 1 is 1.53 bits per heavy atom. The van der Waals surface area contributed by atoms with Crippen molar-refractivity contribution in [2.75, 3.05) is 6.54 Å². The molecule has 1 heterocycles. The molecule has 1 aromatic heterocycles. The van der Waals surface area contributed by atoms with Gasteiger partial charge in [-0.3, -0.25) is 9.59 Å². The van der Waals surface area contributed by atoms with E-state index in [9.17, 15) is 9.59 Å². The number of hydrogen-bond donors (Lipinski definition) is 2. The molecule has 0 aliphatic heterocycles. The van der Waals surface area contributed by atoms with Crippen molar-refractivity contribution in [3.05, 3.63) is 29.7 Å². The molecule has 0 aromatic carbocycles. The minimum absolute atomic E-state index is 0.107. The van der Waals surface area contributed by atoms with Gasteiger partial charge < -0.3 is 14.8 Å². The molecule has 0 fully saturated rings. The minimum Gasteiger partial charge on any atom is -0.481 e. The molecule has 2 N–H and O–H groups in total. The van der Waals surface area contributed by atoms with Crippen molar-refractivity contribution in [2.24, 2.45) is 5.92 Å². The van der Waals surface area contributed by atoms with Crippen molar-refractivity contribution in [1.29, 1.82) is 0 Å². The van der Waals surface area contributed by atoms with Gasteiger partial charge >= 0.3 is 5.97 Å². The summed E-state index contributed by atoms with van der Waals surface area (Å²) < 4.78 is 5.24. The zero-order valence-electron chi connectivity index (χ0n) is 9.77. The Labute approximate surface area is 99.1 Å². The third-order valence-electron chi connectivity index (χ3n) is 2.16. The third kappa shape index (κ3) is 4.55. The first-order chi connectivity index (χ1) is 7.99. The smallest absolute Gasteiger partial charge is 0.308 e. The van der Waals surface area contributed by atoms with Gasteiger partial charge in [-0.1, -0.05) is 6.92 Å². The molecule has 1 aromatic rings. The molecule has 0 spiro atoms. The van der Waals surface area contributed by atoms with Crippen molar-refractivity contribution in [3.63, 3.8) is 0 Å². The number of carboxylic acid groups (broad SMARTS) is 1. The first kappa shape index (κ1) is 13.0. The van der Waals surface area contributed by atoms with Crippen LogP contribution in [0.5, 0.6) is 0 Å². The summed E-state index contributed by atoms with van der Waals surface area (Å²) in [4.78, 5) is 21.8. The summed E-state index contributed by atoms with van der Waals surface area (Å²) in [5, 5.41) is 11.1. The summed E-state index contributed by atoms with van der Waals surface area (Å²) in [7, 11) is 0. The molecule has 17 heavy (non-hydrogen) atoms. The maximum atomic E-state index is 11.3. The van der Waals surface area contributed by atoms with Crippen LogP contribution < -0.4 is 5.32 Å². The molecule has 0 saturated heterocycles. The summed E-state index contributed by atoms with van der Waals surface area (Å²) in [6, 6.07) is 3.54. The van der Waals surface area contributed by atoms with Crippen molar-refractivity contribution in [3.8, 4) is 0 Å². The summed E-state index contributed by atoms with van der Waals surface area (Å²) >= 11 is 0. The van der Waals surface area contributed by atoms with Crippen molar-refractivity contribution < 1.29 is 19.1 Å². The summed E-state index contributed by atoms with van der Waals surface area (Å²) in [6.07, 6.45) is 2.85. The van der Waals surface area contributed by atoms with Crippen LogP contribution in [-0.2, 0) is 9.59 Å². The number of carboxylic acids is 1. The van der Waals surface area contributed by atoms with E-state index in [0.717, 1.165) is 5.76 Å². The summed E-state index contributed by atoms with van der Waals surface area (Å²) in [5.41, 5.74) is 0. The number of hydrogen-bond acceptors (Lipinski definition) is 3. The van der Waals surface area contributed by atoms with Crippen LogP contribution in [0, 0.1) is 12.8 Å². The van der Waals surface area contributed by atoms with E-state index in [1.54, 1.807) is 12.1 Å². The van der Waals surface area contributed by atoms with Crippen molar-refractivity contribution in [2.45, 2.75) is 13.8 Å². The van der Waals surface area contributed by atoms with Gasteiger partial charge in [0.25, 0.3) is 0 Å². The average molecular weight is 237 g/mol. The van der Waals surface area contributed by atoms with Gasteiger partial charge in [-0.25, -0.2) is 0 Å². The number of carbonyl (C=O) groups excluding carboxylic acids is 1. The average Bonchev–Trinajstić information content (AvgIpc) is 2.69. The van der Waals surface area contributed by atoms with E-state index in [4.69, 9.17) is 9.52 Å². The Hall–Kier alpha value is -2.04. The van der Waals surface area contributed by atoms with Crippen LogP contribution in [0.25, 0.3) is 6.08 Å². The third-order valence-corrected chi connectivity index (χ3v) is 2.16. The topological polar surface area (TPSA) is 79.5 Å². The van der Waals surface area contributed by atoms with Crippen LogP contribution in [0.2, 0.25) is 0 Å². The molecule has 0 radical (unpaired) electrons. The van der Waals surface area contributed by atoms with Gasteiger partial charge in [0.15, 0.2) is 0 Å². The number of amides is 1. The molecule has 1 atom stereocenters. The lowest BCUT2D eigenvalue weighted by molar-refractivity contribution is -0.141. The molecule has 0 bridgehead atoms. The predicted molar refractivity (Wildman–Crippen MR) is 62.3 cm³/mol. The lowest BCUT2D eigenvalue weighted by Crippen LogP contribution is -2.30. The largest absolute Gasteiger partial charge is 0.481 e. The van der Waals surface area contributed by atoms with E-state index in [2.05, 4.69) is 5.32 Å². The number of aliphatic carboxylic acids is 1. The lowest BCUT2D eigenvalue weighted by Gasteiger charge is -2.05. The highest BCUT2D eigenvalue weighted by Gasteiger charge is 2.10. The number of aryl methyl sites for hydroxylation is 1. The zero-order chi connectivity index (χ0) is 12.8. The normalized spacial score (nSPS) is 12.6. The van der Waals surface area contributed by atoms with Gasteiger partial charge in [0.05, 0.1) is 5.92 Å². The number of furan rings is 1. The number of carbonyl (C=O) groups is 2. The Morgan fingerprint density at radius 2 is 2.24 bits per heavy atom. The quantitative estimate of drug-likeness (QED) is 0.759. The molecular formula is C12H15NO4. The van der Waals surface area contributed by atoms with Gasteiger partial charge in [0.1, 0.15) is 11.5 Å². The second-order valence-electron chi connectivity index (χ2n) is 3.77. The van der Waals surface area contributed by atoms with E-state index in [1.165, 1.54) is 19.1 Å². The first-order valence-corrected chi connectivity index (χ1v) is 5.24. The van der Waals surface area contributed by atoms with Gasteiger partial charge in [-0.2, -0.15) is 0 Å². The van der Waals surface area contributed by atoms with Crippen LogP contribution in [0.4, 0.5) is 0 Å². The van der Waals surface area contributed by atoms with E-state index in [1.807, 2.05) is 6.92 Å². The SMILES string of the molecule is Cc1ccc(C=CC(=O)NCC(C)C(=O)O)o1. The van der Waals surface area contributed by atoms with Crippen molar-refractivity contribution in [1.82, 2.24) is 5.32 Å². The maximum absolute atomic E-state index is 11.3. The van der Waals surface area contributed by atoms with Crippen LogP contribution >= 0.6 is 0 Å². The Kier molecular flexibility index (Phi) is 4.51. The van der Waals surface area contributed by atoms with E-state index < -0.39 is 11.9 Å². The highest BCUT2D eigenvalue weighted by molar-refractivity contribution is 5.91.